The lowest BCUT2D eigenvalue weighted by atomic mass is 10.0. The highest BCUT2D eigenvalue weighted by atomic mass is 35.5. The largest absolute Gasteiger partial charge is 0.493 e. The molecule has 0 saturated carbocycles. The van der Waals surface area contributed by atoms with E-state index in [2.05, 4.69) is 11.9 Å². The van der Waals surface area contributed by atoms with Crippen molar-refractivity contribution in [2.45, 2.75) is 19.3 Å². The maximum absolute atomic E-state index is 12.8. The van der Waals surface area contributed by atoms with Gasteiger partial charge in [-0.15, -0.1) is 12.4 Å². The molecule has 1 aliphatic rings. The summed E-state index contributed by atoms with van der Waals surface area (Å²) in [6.45, 7) is 3.94. The smallest absolute Gasteiger partial charge is 0.227 e. The molecular weight excluding hydrogens is 416 g/mol. The van der Waals surface area contributed by atoms with Crippen molar-refractivity contribution in [3.8, 4) is 17.2 Å². The minimum atomic E-state index is 0. The third kappa shape index (κ3) is 7.04. The van der Waals surface area contributed by atoms with E-state index >= 15 is 0 Å². The van der Waals surface area contributed by atoms with Gasteiger partial charge in [-0.1, -0.05) is 18.2 Å². The van der Waals surface area contributed by atoms with Gasteiger partial charge in [0.15, 0.2) is 11.5 Å². The van der Waals surface area contributed by atoms with Crippen LogP contribution < -0.4 is 14.2 Å². The zero-order chi connectivity index (χ0) is 21.3. The Bertz CT molecular complexity index is 832. The summed E-state index contributed by atoms with van der Waals surface area (Å²) >= 11 is 0. The zero-order valence-electron chi connectivity index (χ0n) is 18.6. The maximum atomic E-state index is 12.8. The molecule has 170 valence electrons. The number of nitrogens with zero attached hydrogens (tertiary/aromatic N) is 2. The second-order valence-corrected chi connectivity index (χ2v) is 7.60. The van der Waals surface area contributed by atoms with Crippen LogP contribution in [0.5, 0.6) is 17.2 Å². The fourth-order valence-corrected chi connectivity index (χ4v) is 3.73. The number of carbonyl (C=O) groups is 1. The molecule has 0 aliphatic carbocycles. The number of hydrogen-bond acceptors (Lipinski definition) is 5. The van der Waals surface area contributed by atoms with Crippen molar-refractivity contribution in [1.82, 2.24) is 9.80 Å². The highest BCUT2D eigenvalue weighted by molar-refractivity contribution is 5.85. The number of amides is 1. The molecule has 3 rings (SSSR count). The Morgan fingerprint density at radius 2 is 1.68 bits per heavy atom. The Kier molecular flexibility index (Phi) is 9.95. The van der Waals surface area contributed by atoms with Gasteiger partial charge in [-0.3, -0.25) is 4.79 Å². The molecule has 1 aliphatic heterocycles. The van der Waals surface area contributed by atoms with E-state index in [0.29, 0.717) is 18.8 Å². The predicted octanol–water partition coefficient (Wildman–Crippen LogP) is 3.45. The number of rotatable bonds is 10. The minimum absolute atomic E-state index is 0. The summed E-state index contributed by atoms with van der Waals surface area (Å²) in [5.41, 5.74) is 2.20. The third-order valence-electron chi connectivity index (χ3n) is 5.50. The first kappa shape index (κ1) is 24.8. The number of para-hydroxylation sites is 1. The van der Waals surface area contributed by atoms with Crippen LogP contribution in [-0.2, 0) is 17.6 Å². The Morgan fingerprint density at radius 1 is 1.00 bits per heavy atom. The van der Waals surface area contributed by atoms with E-state index in [1.165, 1.54) is 5.56 Å². The Labute approximate surface area is 191 Å². The molecule has 0 aromatic heterocycles. The number of likely N-dealkylation sites (N-methyl/N-ethyl adjacent to an activating group) is 1. The molecule has 0 radical (unpaired) electrons. The van der Waals surface area contributed by atoms with Gasteiger partial charge >= 0.3 is 0 Å². The molecular formula is C24H33ClN2O4. The molecule has 2 aromatic carbocycles. The summed E-state index contributed by atoms with van der Waals surface area (Å²) in [5.74, 6) is 2.47. The number of fused-ring (bicyclic) bond motifs is 1. The monoisotopic (exact) mass is 448 g/mol. The molecule has 1 amide bonds. The second kappa shape index (κ2) is 12.4. The van der Waals surface area contributed by atoms with Crippen molar-refractivity contribution in [1.29, 1.82) is 0 Å². The summed E-state index contributed by atoms with van der Waals surface area (Å²) in [6.07, 6.45) is 2.19. The van der Waals surface area contributed by atoms with E-state index in [1.807, 2.05) is 47.4 Å². The first-order chi connectivity index (χ1) is 14.6. The van der Waals surface area contributed by atoms with Crippen LogP contribution in [0.2, 0.25) is 0 Å². The van der Waals surface area contributed by atoms with Gasteiger partial charge in [-0.05, 0) is 61.8 Å². The van der Waals surface area contributed by atoms with Crippen molar-refractivity contribution >= 4 is 18.3 Å². The number of ether oxygens (including phenoxy) is 3. The molecule has 0 bridgehead atoms. The van der Waals surface area contributed by atoms with Crippen molar-refractivity contribution in [2.24, 2.45) is 0 Å². The van der Waals surface area contributed by atoms with Crippen LogP contribution in [0.15, 0.2) is 42.5 Å². The van der Waals surface area contributed by atoms with Crippen LogP contribution in [0.4, 0.5) is 0 Å². The molecule has 0 atom stereocenters. The minimum Gasteiger partial charge on any atom is -0.493 e. The quantitative estimate of drug-likeness (QED) is 0.557. The lowest BCUT2D eigenvalue weighted by Gasteiger charge is -2.22. The highest BCUT2D eigenvalue weighted by Crippen LogP contribution is 2.32. The van der Waals surface area contributed by atoms with Gasteiger partial charge in [0.1, 0.15) is 12.4 Å². The van der Waals surface area contributed by atoms with Gasteiger partial charge in [0.05, 0.1) is 20.6 Å². The number of carbonyl (C=O) groups excluding carboxylic acids is 1. The first-order valence-corrected chi connectivity index (χ1v) is 10.5. The predicted molar refractivity (Wildman–Crippen MR) is 125 cm³/mol. The van der Waals surface area contributed by atoms with Gasteiger partial charge in [-0.2, -0.15) is 0 Å². The van der Waals surface area contributed by atoms with Crippen LogP contribution in [0.1, 0.15) is 17.5 Å². The summed E-state index contributed by atoms with van der Waals surface area (Å²) < 4.78 is 16.6. The molecule has 0 unspecified atom stereocenters. The van der Waals surface area contributed by atoms with Gasteiger partial charge in [0.2, 0.25) is 5.91 Å². The Morgan fingerprint density at radius 3 is 2.35 bits per heavy atom. The summed E-state index contributed by atoms with van der Waals surface area (Å²) in [6, 6.07) is 13.8. The topological polar surface area (TPSA) is 51.2 Å². The average molecular weight is 449 g/mol. The molecule has 0 fully saturated rings. The van der Waals surface area contributed by atoms with Gasteiger partial charge < -0.3 is 24.0 Å². The van der Waals surface area contributed by atoms with Crippen LogP contribution >= 0.6 is 12.4 Å². The average Bonchev–Trinajstić information content (AvgIpc) is 2.91. The second-order valence-electron chi connectivity index (χ2n) is 7.60. The Balaban J connectivity index is 0.00000341. The van der Waals surface area contributed by atoms with Crippen molar-refractivity contribution in [2.75, 3.05) is 54.1 Å². The molecule has 7 heteroatoms. The van der Waals surface area contributed by atoms with E-state index in [1.54, 1.807) is 14.2 Å². The fraction of sp³-hybridized carbons (Fsp3) is 0.458. The number of halogens is 1. The molecule has 6 nitrogen and oxygen atoms in total. The summed E-state index contributed by atoms with van der Waals surface area (Å²) in [5, 5.41) is 0. The van der Waals surface area contributed by atoms with E-state index in [4.69, 9.17) is 14.2 Å². The van der Waals surface area contributed by atoms with Crippen LogP contribution in [0.3, 0.4) is 0 Å². The van der Waals surface area contributed by atoms with Gasteiger partial charge in [0, 0.05) is 19.6 Å². The molecule has 0 N–H and O–H groups in total. The molecule has 1 heterocycles. The van der Waals surface area contributed by atoms with Crippen molar-refractivity contribution < 1.29 is 19.0 Å². The highest BCUT2D eigenvalue weighted by Gasteiger charge is 2.22. The summed E-state index contributed by atoms with van der Waals surface area (Å²) in [4.78, 5) is 17.0. The fourth-order valence-electron chi connectivity index (χ4n) is 3.73. The van der Waals surface area contributed by atoms with Gasteiger partial charge in [-0.25, -0.2) is 0 Å². The van der Waals surface area contributed by atoms with Crippen LogP contribution in [-0.4, -0.2) is 69.8 Å². The third-order valence-corrected chi connectivity index (χ3v) is 5.50. The van der Waals surface area contributed by atoms with Crippen LogP contribution in [0, 0.1) is 0 Å². The maximum Gasteiger partial charge on any atom is 0.227 e. The standard InChI is InChI=1S/C24H32N2O4.ClH/c1-25(14-15-30-21-8-5-4-6-9-21)11-7-12-26-13-10-19-16-22(28-2)23(29-3)17-20(19)18-24(26)27;/h4-6,8-9,16-17H,7,10-15,18H2,1-3H3;1H. The molecule has 31 heavy (non-hydrogen) atoms. The molecule has 0 spiro atoms. The van der Waals surface area contributed by atoms with E-state index < -0.39 is 0 Å². The van der Waals surface area contributed by atoms with E-state index in [0.717, 1.165) is 56.1 Å². The molecule has 2 aromatic rings. The van der Waals surface area contributed by atoms with Crippen molar-refractivity contribution in [3.63, 3.8) is 0 Å². The lowest BCUT2D eigenvalue weighted by molar-refractivity contribution is -0.130. The number of benzene rings is 2. The van der Waals surface area contributed by atoms with Crippen LogP contribution in [0.25, 0.3) is 0 Å². The SMILES string of the molecule is COc1cc2c(cc1OC)CC(=O)N(CCCN(C)CCOc1ccccc1)CC2.Cl. The summed E-state index contributed by atoms with van der Waals surface area (Å²) in [7, 11) is 5.35. The lowest BCUT2D eigenvalue weighted by Crippen LogP contribution is -2.35. The van der Waals surface area contributed by atoms with Crippen molar-refractivity contribution in [3.05, 3.63) is 53.6 Å². The molecule has 0 saturated heterocycles. The Hall–Kier alpha value is -2.44. The normalized spacial score (nSPS) is 13.3. The zero-order valence-corrected chi connectivity index (χ0v) is 19.5. The van der Waals surface area contributed by atoms with E-state index in [9.17, 15) is 4.79 Å². The first-order valence-electron chi connectivity index (χ1n) is 10.5. The van der Waals surface area contributed by atoms with Gasteiger partial charge in [0.25, 0.3) is 0 Å². The number of hydrogen-bond donors (Lipinski definition) is 0. The van der Waals surface area contributed by atoms with E-state index in [-0.39, 0.29) is 18.3 Å². The number of methoxy groups -OCH3 is 2.